The van der Waals surface area contributed by atoms with Crippen LogP contribution in [0, 0.1) is 6.92 Å². The molecule has 6 heteroatoms. The highest BCUT2D eigenvalue weighted by Gasteiger charge is 2.36. The zero-order valence-corrected chi connectivity index (χ0v) is 14.5. The summed E-state index contributed by atoms with van der Waals surface area (Å²) in [5.74, 6) is 1.60. The Morgan fingerprint density at radius 2 is 2.28 bits per heavy atom. The van der Waals surface area contributed by atoms with Gasteiger partial charge in [-0.2, -0.15) is 0 Å². The molecule has 1 unspecified atom stereocenters. The molecule has 2 N–H and O–H groups in total. The zero-order chi connectivity index (χ0) is 17.4. The van der Waals surface area contributed by atoms with Crippen molar-refractivity contribution in [3.63, 3.8) is 0 Å². The average Bonchev–Trinajstić information content (AvgIpc) is 2.80. The van der Waals surface area contributed by atoms with Gasteiger partial charge in [-0.05, 0) is 32.4 Å². The van der Waals surface area contributed by atoms with Gasteiger partial charge in [0.25, 0.3) is 0 Å². The molecule has 2 amide bonds. The topological polar surface area (TPSA) is 66.5 Å². The Morgan fingerprint density at radius 1 is 1.40 bits per heavy atom. The summed E-state index contributed by atoms with van der Waals surface area (Å²) in [7, 11) is 0. The van der Waals surface area contributed by atoms with Gasteiger partial charge in [-0.1, -0.05) is 18.2 Å². The van der Waals surface area contributed by atoms with Crippen molar-refractivity contribution in [1.82, 2.24) is 15.4 Å². The van der Waals surface area contributed by atoms with Crippen molar-refractivity contribution in [3.05, 3.63) is 58.6 Å². The molecule has 130 valence electrons. The first kappa shape index (κ1) is 15.9. The second kappa shape index (κ2) is 6.37. The minimum Gasteiger partial charge on any atom is -0.497 e. The van der Waals surface area contributed by atoms with E-state index >= 15 is 0 Å². The first-order valence-corrected chi connectivity index (χ1v) is 8.70. The zero-order valence-electron chi connectivity index (χ0n) is 14.5. The van der Waals surface area contributed by atoms with Crippen molar-refractivity contribution in [2.75, 3.05) is 11.9 Å². The number of hydrogen-bond acceptors (Lipinski definition) is 4. The van der Waals surface area contributed by atoms with Crippen molar-refractivity contribution in [2.24, 2.45) is 0 Å². The van der Waals surface area contributed by atoms with Crippen LogP contribution in [0.3, 0.4) is 0 Å². The van der Waals surface area contributed by atoms with Gasteiger partial charge in [-0.3, -0.25) is 5.32 Å². The molecular weight excluding hydrogens is 316 g/mol. The van der Waals surface area contributed by atoms with Gasteiger partial charge in [0.05, 0.1) is 12.6 Å². The van der Waals surface area contributed by atoms with E-state index in [9.17, 15) is 4.79 Å². The Labute approximate surface area is 147 Å². The summed E-state index contributed by atoms with van der Waals surface area (Å²) in [6.07, 6.45) is 6.93. The van der Waals surface area contributed by atoms with Crippen molar-refractivity contribution < 1.29 is 9.53 Å². The fourth-order valence-corrected chi connectivity index (χ4v) is 3.61. The largest absolute Gasteiger partial charge is 0.497 e. The molecule has 0 fully saturated rings. The van der Waals surface area contributed by atoms with Crippen LogP contribution in [0.2, 0.25) is 0 Å². The number of carbonyl (C=O) groups excluding carboxylic acids is 1. The summed E-state index contributed by atoms with van der Waals surface area (Å²) in [6.45, 7) is 4.57. The number of hydrazine groups is 1. The Hall–Kier alpha value is -2.60. The molecular formula is C19H22N4O2. The third-order valence-electron chi connectivity index (χ3n) is 4.69. The third kappa shape index (κ3) is 2.93. The van der Waals surface area contributed by atoms with Crippen molar-refractivity contribution in [2.45, 2.75) is 39.2 Å². The fourth-order valence-electron chi connectivity index (χ4n) is 3.61. The lowest BCUT2D eigenvalue weighted by Gasteiger charge is -2.22. The summed E-state index contributed by atoms with van der Waals surface area (Å²) < 4.78 is 5.94. The van der Waals surface area contributed by atoms with Crippen molar-refractivity contribution in [1.29, 1.82) is 0 Å². The Balaban J connectivity index is 1.63. The first-order valence-electron chi connectivity index (χ1n) is 8.70. The number of urea groups is 1. The summed E-state index contributed by atoms with van der Waals surface area (Å²) in [4.78, 5) is 17.1. The van der Waals surface area contributed by atoms with Gasteiger partial charge >= 0.3 is 6.03 Å². The van der Waals surface area contributed by atoms with Crippen LogP contribution in [0.15, 0.2) is 53.0 Å². The Bertz CT molecular complexity index is 809. The highest BCUT2D eigenvalue weighted by molar-refractivity contribution is 5.90. The normalized spacial score (nSPS) is 22.3. The maximum absolute atomic E-state index is 12.8. The summed E-state index contributed by atoms with van der Waals surface area (Å²) in [6, 6.07) is 5.41. The number of hydrogen-bond donors (Lipinski definition) is 2. The van der Waals surface area contributed by atoms with E-state index in [0.29, 0.717) is 18.8 Å². The molecule has 3 heterocycles. The summed E-state index contributed by atoms with van der Waals surface area (Å²) in [5.41, 5.74) is 7.42. The van der Waals surface area contributed by atoms with E-state index in [4.69, 9.17) is 4.74 Å². The van der Waals surface area contributed by atoms with E-state index in [1.165, 1.54) is 0 Å². The lowest BCUT2D eigenvalue weighted by Crippen LogP contribution is -2.43. The van der Waals surface area contributed by atoms with Crippen LogP contribution in [0.5, 0.6) is 0 Å². The number of anilines is 1. The van der Waals surface area contributed by atoms with Gasteiger partial charge in [0.15, 0.2) is 0 Å². The van der Waals surface area contributed by atoms with Gasteiger partial charge < -0.3 is 4.74 Å². The van der Waals surface area contributed by atoms with Gasteiger partial charge in [0.2, 0.25) is 0 Å². The predicted molar refractivity (Wildman–Crippen MR) is 95.4 cm³/mol. The Kier molecular flexibility index (Phi) is 4.05. The molecule has 4 rings (SSSR count). The van der Waals surface area contributed by atoms with Gasteiger partial charge in [-0.15, -0.1) is 0 Å². The minimum absolute atomic E-state index is 0.0562. The predicted octanol–water partition coefficient (Wildman–Crippen LogP) is 3.41. The van der Waals surface area contributed by atoms with Crippen LogP contribution >= 0.6 is 0 Å². The molecule has 6 nitrogen and oxygen atoms in total. The average molecular weight is 338 g/mol. The molecule has 2 aliphatic heterocycles. The van der Waals surface area contributed by atoms with E-state index in [1.807, 2.05) is 19.1 Å². The van der Waals surface area contributed by atoms with E-state index in [1.54, 1.807) is 11.1 Å². The lowest BCUT2D eigenvalue weighted by atomic mass is 9.93. The summed E-state index contributed by atoms with van der Waals surface area (Å²) in [5, 5.41) is 4.49. The molecule has 0 saturated carbocycles. The molecule has 0 bridgehead atoms. The van der Waals surface area contributed by atoms with Gasteiger partial charge in [0, 0.05) is 35.4 Å². The highest BCUT2D eigenvalue weighted by atomic mass is 16.5. The first-order chi connectivity index (χ1) is 12.1. The maximum Gasteiger partial charge on any atom is 0.341 e. The van der Waals surface area contributed by atoms with Crippen LogP contribution in [0.25, 0.3) is 0 Å². The third-order valence-corrected chi connectivity index (χ3v) is 4.69. The highest BCUT2D eigenvalue weighted by Crippen LogP contribution is 2.37. The smallest absolute Gasteiger partial charge is 0.341 e. The summed E-state index contributed by atoms with van der Waals surface area (Å²) >= 11 is 0. The second-order valence-corrected chi connectivity index (χ2v) is 6.52. The number of carbonyl (C=O) groups is 1. The molecule has 1 aromatic heterocycles. The number of ether oxygens (including phenoxy) is 1. The molecule has 3 aliphatic rings. The van der Waals surface area contributed by atoms with Crippen molar-refractivity contribution in [3.8, 4) is 0 Å². The minimum atomic E-state index is -0.223. The van der Waals surface area contributed by atoms with Crippen LogP contribution in [-0.4, -0.2) is 28.7 Å². The maximum atomic E-state index is 12.8. The van der Waals surface area contributed by atoms with Crippen LogP contribution < -0.4 is 10.7 Å². The quantitative estimate of drug-likeness (QED) is 0.823. The second-order valence-electron chi connectivity index (χ2n) is 6.52. The molecule has 25 heavy (non-hydrogen) atoms. The van der Waals surface area contributed by atoms with Crippen LogP contribution in [0.4, 0.5) is 10.6 Å². The number of aryl methyl sites for hydroxylation is 1. The molecule has 1 aromatic rings. The Morgan fingerprint density at radius 3 is 3.12 bits per heavy atom. The number of nitrogens with zero attached hydrogens (tertiary/aromatic N) is 2. The number of rotatable bonds is 1. The van der Waals surface area contributed by atoms with Crippen LogP contribution in [0.1, 0.15) is 31.9 Å². The molecule has 0 radical (unpaired) electrons. The standard InChI is InChI=1S/C19H22N4O2/c1-12-6-5-9-17(20-12)21-19(24)23-15-10-11-25-16-8-4-3-7-14(16)18(15)13(2)22-23/h3,5-7,9,13,22H,4,8,10-11H2,1-2H3,(H,20,21,24). The van der Waals surface area contributed by atoms with Gasteiger partial charge in [-0.25, -0.2) is 20.2 Å². The molecule has 0 spiro atoms. The van der Waals surface area contributed by atoms with Crippen LogP contribution in [-0.2, 0) is 4.74 Å². The van der Waals surface area contributed by atoms with E-state index in [-0.39, 0.29) is 12.1 Å². The molecule has 1 atom stereocenters. The molecule has 0 saturated heterocycles. The number of aromatic nitrogens is 1. The van der Waals surface area contributed by atoms with E-state index < -0.39 is 0 Å². The number of amides is 2. The van der Waals surface area contributed by atoms with Crippen molar-refractivity contribution >= 4 is 11.8 Å². The lowest BCUT2D eigenvalue weighted by molar-refractivity contribution is 0.183. The molecule has 1 aliphatic carbocycles. The number of nitrogens with one attached hydrogen (secondary N) is 2. The fraction of sp³-hybridized carbons (Fsp3) is 0.368. The number of pyridine rings is 1. The number of allylic oxidation sites excluding steroid dienone is 3. The van der Waals surface area contributed by atoms with E-state index in [2.05, 4.69) is 34.8 Å². The van der Waals surface area contributed by atoms with Gasteiger partial charge in [0.1, 0.15) is 11.6 Å². The molecule has 0 aromatic carbocycles. The number of fused-ring (bicyclic) bond motifs is 1. The monoisotopic (exact) mass is 338 g/mol. The van der Waals surface area contributed by atoms with E-state index in [0.717, 1.165) is 41.1 Å². The SMILES string of the molecule is Cc1cccc(NC(=O)N2NC(C)C3=C2CCOC2=C3C=CCC2)n1.